The molecular weight excluding hydrogens is 416 g/mol. The minimum atomic E-state index is -1.82. The van der Waals surface area contributed by atoms with Crippen LogP contribution in [0.5, 0.6) is 0 Å². The maximum atomic E-state index is 9.10. The van der Waals surface area contributed by atoms with Gasteiger partial charge in [-0.1, -0.05) is 0 Å². The molecular formula is C22H46N4O6. The highest BCUT2D eigenvalue weighted by atomic mass is 16.5. The number of hydrogen-bond donors (Lipinski definition) is 4. The Morgan fingerprint density at radius 1 is 0.594 bits per heavy atom. The first-order valence-electron chi connectivity index (χ1n) is 11.0. The van der Waals surface area contributed by atoms with E-state index in [2.05, 4.69) is 48.3 Å². The Balaban J connectivity index is -0.000000422. The van der Waals surface area contributed by atoms with Gasteiger partial charge in [-0.25, -0.2) is 19.6 Å². The first kappa shape index (κ1) is 34.1. The van der Waals surface area contributed by atoms with Gasteiger partial charge in [-0.05, 0) is 83.1 Å². The van der Waals surface area contributed by atoms with Crippen molar-refractivity contribution in [3.05, 3.63) is 0 Å². The molecule has 0 rings (SSSR count). The van der Waals surface area contributed by atoms with Crippen LogP contribution in [0.2, 0.25) is 0 Å². The topological polar surface area (TPSA) is 142 Å². The van der Waals surface area contributed by atoms with Crippen LogP contribution in [-0.2, 0) is 19.1 Å². The molecule has 0 aliphatic rings. The van der Waals surface area contributed by atoms with Gasteiger partial charge < -0.3 is 30.3 Å². The van der Waals surface area contributed by atoms with Gasteiger partial charge in [-0.2, -0.15) is 0 Å². The third kappa shape index (κ3) is 29.7. The van der Waals surface area contributed by atoms with Crippen LogP contribution >= 0.6 is 0 Å². The number of aliphatic carboxylic acids is 2. The van der Waals surface area contributed by atoms with Crippen molar-refractivity contribution in [1.82, 2.24) is 10.6 Å². The fraction of sp³-hybridized carbons (Fsp3) is 0.818. The van der Waals surface area contributed by atoms with Crippen LogP contribution in [0.25, 0.3) is 0 Å². The normalized spacial score (nSPS) is 11.8. The van der Waals surface area contributed by atoms with Gasteiger partial charge in [0.05, 0.1) is 12.2 Å². The number of nitrogens with one attached hydrogen (secondary N) is 2. The zero-order valence-electron chi connectivity index (χ0n) is 21.9. The van der Waals surface area contributed by atoms with E-state index >= 15 is 0 Å². The molecule has 0 aromatic heterocycles. The van der Waals surface area contributed by atoms with Crippen molar-refractivity contribution < 1.29 is 29.3 Å². The second-order valence-corrected chi connectivity index (χ2v) is 8.60. The van der Waals surface area contributed by atoms with Gasteiger partial charge in [0.1, 0.15) is 0 Å². The summed E-state index contributed by atoms with van der Waals surface area (Å²) >= 11 is 0. The lowest BCUT2D eigenvalue weighted by Gasteiger charge is -2.17. The van der Waals surface area contributed by atoms with Gasteiger partial charge in [0.2, 0.25) is 0 Å². The Bertz CT molecular complexity index is 497. The molecule has 0 atom stereocenters. The monoisotopic (exact) mass is 462 g/mol. The molecule has 190 valence electrons. The Kier molecular flexibility index (Phi) is 20.4. The molecule has 0 saturated heterocycles. The number of ether oxygens (including phenoxy) is 2. The highest BCUT2D eigenvalue weighted by molar-refractivity contribution is 6.27. The third-order valence-electron chi connectivity index (χ3n) is 2.45. The van der Waals surface area contributed by atoms with Crippen LogP contribution in [-0.4, -0.2) is 70.6 Å². The fourth-order valence-corrected chi connectivity index (χ4v) is 1.61. The van der Waals surface area contributed by atoms with Crippen molar-refractivity contribution in [2.75, 3.05) is 0 Å². The number of rotatable bonds is 6. The molecule has 4 N–H and O–H groups in total. The summed E-state index contributed by atoms with van der Waals surface area (Å²) in [7, 11) is 0. The summed E-state index contributed by atoms with van der Waals surface area (Å²) in [4.78, 5) is 26.9. The molecule has 0 radical (unpaired) electrons. The molecule has 0 fully saturated rings. The van der Waals surface area contributed by atoms with Crippen LogP contribution < -0.4 is 10.6 Å². The number of hydrogen-bond acceptors (Lipinski definition) is 6. The zero-order chi connectivity index (χ0) is 26.0. The summed E-state index contributed by atoms with van der Waals surface area (Å²) in [6, 6.07) is 2.55. The van der Waals surface area contributed by atoms with Crippen LogP contribution in [0.1, 0.15) is 83.1 Å². The fourth-order valence-electron chi connectivity index (χ4n) is 1.61. The molecule has 0 spiro atoms. The first-order chi connectivity index (χ1) is 14.5. The highest BCUT2D eigenvalue weighted by Crippen LogP contribution is 1.96. The van der Waals surface area contributed by atoms with E-state index < -0.39 is 11.9 Å². The van der Waals surface area contributed by atoms with Gasteiger partial charge in [-0.15, -0.1) is 0 Å². The lowest BCUT2D eigenvalue weighted by molar-refractivity contribution is -0.159. The molecule has 0 aromatic rings. The maximum absolute atomic E-state index is 9.10. The zero-order valence-corrected chi connectivity index (χ0v) is 21.9. The van der Waals surface area contributed by atoms with E-state index in [1.807, 2.05) is 55.4 Å². The van der Waals surface area contributed by atoms with Crippen LogP contribution in [0, 0.1) is 0 Å². The van der Waals surface area contributed by atoms with E-state index in [1.165, 1.54) is 0 Å². The highest BCUT2D eigenvalue weighted by Gasteiger charge is 2.06. The second kappa shape index (κ2) is 19.2. The lowest BCUT2D eigenvalue weighted by atomic mass is 10.4. The van der Waals surface area contributed by atoms with E-state index in [-0.39, 0.29) is 24.3 Å². The van der Waals surface area contributed by atoms with Crippen molar-refractivity contribution in [2.45, 2.75) is 119 Å². The van der Waals surface area contributed by atoms with Crippen LogP contribution in [0.4, 0.5) is 0 Å². The average Bonchev–Trinajstić information content (AvgIpc) is 2.51. The van der Waals surface area contributed by atoms with Gasteiger partial charge in [0, 0.05) is 24.2 Å². The molecule has 0 bridgehead atoms. The largest absolute Gasteiger partial charge is 0.473 e. The van der Waals surface area contributed by atoms with E-state index in [0.717, 1.165) is 0 Å². The predicted octanol–water partition coefficient (Wildman–Crippen LogP) is 3.50. The summed E-state index contributed by atoms with van der Waals surface area (Å²) in [5.41, 5.74) is 0. The second-order valence-electron chi connectivity index (χ2n) is 8.60. The van der Waals surface area contributed by atoms with Crippen LogP contribution in [0.15, 0.2) is 9.98 Å². The molecule has 0 saturated carbocycles. The van der Waals surface area contributed by atoms with Crippen molar-refractivity contribution in [3.63, 3.8) is 0 Å². The Morgan fingerprint density at radius 2 is 0.844 bits per heavy atom. The Hall–Kier alpha value is -2.52. The number of aliphatic imine (C=N–C) groups is 2. The summed E-state index contributed by atoms with van der Waals surface area (Å²) in [5, 5.41) is 21.1. The summed E-state index contributed by atoms with van der Waals surface area (Å²) in [6.45, 7) is 24.4. The van der Waals surface area contributed by atoms with Crippen molar-refractivity contribution in [3.8, 4) is 0 Å². The number of carboxylic acids is 2. The van der Waals surface area contributed by atoms with E-state index in [4.69, 9.17) is 29.3 Å². The minimum absolute atomic E-state index is 0.170. The molecule has 10 nitrogen and oxygen atoms in total. The SMILES string of the molecule is CC(C)N=C(NC(C)C)OC(C)C.CC(C)N=C(NC(C)C)OC(C)C.O=C(O)C(=O)O. The molecule has 0 aliphatic heterocycles. The quantitative estimate of drug-likeness (QED) is 0.267. The van der Waals surface area contributed by atoms with Crippen molar-refractivity contribution >= 4 is 24.0 Å². The number of carboxylic acid groups (broad SMARTS) is 2. The molecule has 0 aliphatic carbocycles. The van der Waals surface area contributed by atoms with Crippen molar-refractivity contribution in [1.29, 1.82) is 0 Å². The Labute approximate surface area is 193 Å². The predicted molar refractivity (Wildman–Crippen MR) is 129 cm³/mol. The number of carbonyl (C=O) groups is 2. The van der Waals surface area contributed by atoms with Crippen LogP contribution in [0.3, 0.4) is 0 Å². The Morgan fingerprint density at radius 3 is 0.969 bits per heavy atom. The average molecular weight is 463 g/mol. The maximum Gasteiger partial charge on any atom is 0.414 e. The van der Waals surface area contributed by atoms with E-state index in [9.17, 15) is 0 Å². The molecule has 0 unspecified atom stereocenters. The van der Waals surface area contributed by atoms with Crippen molar-refractivity contribution in [2.24, 2.45) is 9.98 Å². The molecule has 0 amide bonds. The molecule has 0 heterocycles. The third-order valence-corrected chi connectivity index (χ3v) is 2.45. The summed E-state index contributed by atoms with van der Waals surface area (Å²) in [5.74, 6) is -3.65. The lowest BCUT2D eigenvalue weighted by Crippen LogP contribution is -2.34. The molecule has 10 heteroatoms. The first-order valence-corrected chi connectivity index (χ1v) is 11.0. The van der Waals surface area contributed by atoms with E-state index in [0.29, 0.717) is 24.1 Å². The molecule has 32 heavy (non-hydrogen) atoms. The van der Waals surface area contributed by atoms with Gasteiger partial charge in [0.15, 0.2) is 0 Å². The summed E-state index contributed by atoms with van der Waals surface area (Å²) < 4.78 is 11.0. The van der Waals surface area contributed by atoms with Gasteiger partial charge in [0.25, 0.3) is 12.0 Å². The van der Waals surface area contributed by atoms with E-state index in [1.54, 1.807) is 0 Å². The van der Waals surface area contributed by atoms with Gasteiger partial charge in [-0.3, -0.25) is 0 Å². The number of nitrogens with zero attached hydrogens (tertiary/aromatic N) is 2. The summed E-state index contributed by atoms with van der Waals surface area (Å²) in [6.07, 6.45) is 0.340. The molecule has 0 aromatic carbocycles. The van der Waals surface area contributed by atoms with Gasteiger partial charge >= 0.3 is 11.9 Å². The standard InChI is InChI=1S/2C10H22N2O.C2H2O4/c2*1-7(2)11-10(12-8(3)4)13-9(5)6;3-1(4)2(5)6/h2*7-9H,1-6H3,(H,11,12);(H,3,4)(H,5,6). The minimum Gasteiger partial charge on any atom is -0.473 e. The number of amidine groups is 2. The smallest absolute Gasteiger partial charge is 0.414 e.